The van der Waals surface area contributed by atoms with E-state index in [4.69, 9.17) is 13.9 Å². The summed E-state index contributed by atoms with van der Waals surface area (Å²) < 4.78 is 17.1. The predicted octanol–water partition coefficient (Wildman–Crippen LogP) is 6.40. The van der Waals surface area contributed by atoms with Gasteiger partial charge in [-0.15, -0.1) is 0 Å². The Morgan fingerprint density at radius 3 is 2.32 bits per heavy atom. The van der Waals surface area contributed by atoms with Crippen molar-refractivity contribution in [1.29, 1.82) is 0 Å². The molecular formula is C30H27NO6. The minimum atomic E-state index is -0.876. The van der Waals surface area contributed by atoms with Crippen LogP contribution in [0.1, 0.15) is 42.9 Å². The summed E-state index contributed by atoms with van der Waals surface area (Å²) in [5.41, 5.74) is 1.66. The lowest BCUT2D eigenvalue weighted by molar-refractivity contribution is -0.117. The zero-order chi connectivity index (χ0) is 26.1. The number of ether oxygens (including phenoxy) is 2. The molecule has 1 aliphatic rings. The van der Waals surface area contributed by atoms with Gasteiger partial charge in [-0.05, 0) is 74.9 Å². The van der Waals surface area contributed by atoms with Gasteiger partial charge in [0.25, 0.3) is 5.91 Å². The van der Waals surface area contributed by atoms with Gasteiger partial charge in [-0.25, -0.2) is 0 Å². The van der Waals surface area contributed by atoms with E-state index in [-0.39, 0.29) is 17.4 Å². The van der Waals surface area contributed by atoms with Crippen LogP contribution in [0, 0.1) is 0 Å². The van der Waals surface area contributed by atoms with E-state index in [9.17, 15) is 14.7 Å². The van der Waals surface area contributed by atoms with Gasteiger partial charge < -0.3 is 19.0 Å². The van der Waals surface area contributed by atoms with Crippen molar-refractivity contribution >= 4 is 28.3 Å². The van der Waals surface area contributed by atoms with Gasteiger partial charge in [0.05, 0.1) is 24.3 Å². The summed E-state index contributed by atoms with van der Waals surface area (Å²) in [7, 11) is 0. The summed E-state index contributed by atoms with van der Waals surface area (Å²) in [5.74, 6) is -0.464. The fourth-order valence-electron chi connectivity index (χ4n) is 4.52. The number of para-hydroxylation sites is 1. The fourth-order valence-corrected chi connectivity index (χ4v) is 4.52. The first-order valence-electron chi connectivity index (χ1n) is 12.2. The molecule has 188 valence electrons. The highest BCUT2D eigenvalue weighted by molar-refractivity contribution is 6.20. The first-order chi connectivity index (χ1) is 17.9. The minimum absolute atomic E-state index is 0.00609. The molecule has 7 nitrogen and oxygen atoms in total. The highest BCUT2D eigenvalue weighted by atomic mass is 16.5. The molecule has 1 aliphatic heterocycles. The zero-order valence-electron chi connectivity index (χ0n) is 20.8. The summed E-state index contributed by atoms with van der Waals surface area (Å²) in [4.78, 5) is 28.6. The van der Waals surface area contributed by atoms with Crippen LogP contribution in [0.5, 0.6) is 11.5 Å². The van der Waals surface area contributed by atoms with E-state index >= 15 is 0 Å². The summed E-state index contributed by atoms with van der Waals surface area (Å²) in [6.07, 6.45) is -0.00609. The molecule has 0 spiro atoms. The van der Waals surface area contributed by atoms with E-state index < -0.39 is 23.5 Å². The number of carbonyl (C=O) groups is 2. The molecule has 3 aromatic carbocycles. The SMILES string of the molecule is CCOc1ccc(N2C(=O)C(O)=C(C(=O)c3cc4ccccc4o3)C2c2ccc(OC(C)C)cc2)cc1. The van der Waals surface area contributed by atoms with Crippen LogP contribution in [0.3, 0.4) is 0 Å². The van der Waals surface area contributed by atoms with Crippen LogP contribution in [0.2, 0.25) is 0 Å². The largest absolute Gasteiger partial charge is 0.503 e. The molecule has 4 aromatic rings. The number of rotatable bonds is 8. The number of anilines is 1. The number of nitrogens with zero attached hydrogens (tertiary/aromatic N) is 1. The van der Waals surface area contributed by atoms with Crippen molar-refractivity contribution in [3.8, 4) is 11.5 Å². The Morgan fingerprint density at radius 2 is 1.68 bits per heavy atom. The monoisotopic (exact) mass is 497 g/mol. The molecule has 7 heteroatoms. The lowest BCUT2D eigenvalue weighted by Gasteiger charge is -2.27. The van der Waals surface area contributed by atoms with Crippen molar-refractivity contribution in [2.24, 2.45) is 0 Å². The number of fused-ring (bicyclic) bond motifs is 1. The highest BCUT2D eigenvalue weighted by Gasteiger charge is 2.45. The van der Waals surface area contributed by atoms with Crippen LogP contribution in [0.15, 0.2) is 94.6 Å². The van der Waals surface area contributed by atoms with E-state index in [2.05, 4.69) is 0 Å². The Bertz CT molecular complexity index is 1450. The van der Waals surface area contributed by atoms with Crippen LogP contribution in [-0.4, -0.2) is 29.5 Å². The normalized spacial score (nSPS) is 15.6. The van der Waals surface area contributed by atoms with Crippen LogP contribution in [0.25, 0.3) is 11.0 Å². The number of furan rings is 1. The van der Waals surface area contributed by atoms with Crippen LogP contribution >= 0.6 is 0 Å². The lowest BCUT2D eigenvalue weighted by atomic mass is 9.94. The predicted molar refractivity (Wildman–Crippen MR) is 140 cm³/mol. The summed E-state index contributed by atoms with van der Waals surface area (Å²) >= 11 is 0. The maximum absolute atomic E-state index is 13.7. The van der Waals surface area contributed by atoms with Crippen LogP contribution in [0.4, 0.5) is 5.69 Å². The summed E-state index contributed by atoms with van der Waals surface area (Å²) in [6, 6.07) is 22.1. The molecule has 2 heterocycles. The molecule has 0 radical (unpaired) electrons. The van der Waals surface area contributed by atoms with Gasteiger partial charge in [-0.2, -0.15) is 0 Å². The molecule has 1 unspecified atom stereocenters. The van der Waals surface area contributed by atoms with Crippen molar-refractivity contribution in [3.63, 3.8) is 0 Å². The van der Waals surface area contributed by atoms with Crippen molar-refractivity contribution < 1.29 is 28.6 Å². The molecular weight excluding hydrogens is 470 g/mol. The number of hydrogen-bond acceptors (Lipinski definition) is 6. The molecule has 1 amide bonds. The minimum Gasteiger partial charge on any atom is -0.503 e. The standard InChI is InChI=1S/C30H27NO6/c1-4-35-22-15-11-21(12-16-22)31-27(19-9-13-23(14-10-19)36-18(2)3)26(29(33)30(31)34)28(32)25-17-20-7-5-6-8-24(20)37-25/h5-18,27,33H,4H2,1-3H3. The maximum atomic E-state index is 13.7. The Kier molecular flexibility index (Phi) is 6.44. The molecule has 0 fully saturated rings. The third kappa shape index (κ3) is 4.56. The first kappa shape index (κ1) is 24.2. The van der Waals surface area contributed by atoms with E-state index in [0.29, 0.717) is 34.9 Å². The molecule has 1 N–H and O–H groups in total. The second-order valence-electron chi connectivity index (χ2n) is 8.98. The number of ketones is 1. The number of aliphatic hydroxyl groups excluding tert-OH is 1. The van der Waals surface area contributed by atoms with Gasteiger partial charge in [-0.1, -0.05) is 30.3 Å². The number of hydrogen-bond donors (Lipinski definition) is 1. The number of Topliss-reactive ketones (excluding diaryl/α,β-unsaturated/α-hetero) is 1. The molecule has 37 heavy (non-hydrogen) atoms. The third-order valence-corrected chi connectivity index (χ3v) is 6.10. The van der Waals surface area contributed by atoms with E-state index in [1.807, 2.05) is 39.0 Å². The molecule has 0 bridgehead atoms. The van der Waals surface area contributed by atoms with Gasteiger partial charge in [0.2, 0.25) is 5.78 Å². The topological polar surface area (TPSA) is 89.2 Å². The smallest absolute Gasteiger partial charge is 0.294 e. The molecule has 1 atom stereocenters. The van der Waals surface area contributed by atoms with Crippen molar-refractivity contribution in [1.82, 2.24) is 0 Å². The van der Waals surface area contributed by atoms with Gasteiger partial charge in [-0.3, -0.25) is 14.5 Å². The Labute approximate surface area is 214 Å². The Balaban J connectivity index is 1.59. The average molecular weight is 498 g/mol. The maximum Gasteiger partial charge on any atom is 0.294 e. The lowest BCUT2D eigenvalue weighted by Crippen LogP contribution is -2.31. The quantitative estimate of drug-likeness (QED) is 0.283. The van der Waals surface area contributed by atoms with Gasteiger partial charge >= 0.3 is 0 Å². The third-order valence-electron chi connectivity index (χ3n) is 6.10. The van der Waals surface area contributed by atoms with Gasteiger partial charge in [0, 0.05) is 11.1 Å². The molecule has 5 rings (SSSR count). The van der Waals surface area contributed by atoms with Gasteiger partial charge in [0.1, 0.15) is 17.1 Å². The van der Waals surface area contributed by atoms with Gasteiger partial charge in [0.15, 0.2) is 11.5 Å². The van der Waals surface area contributed by atoms with E-state index in [1.54, 1.807) is 60.7 Å². The number of aliphatic hydroxyl groups is 1. The second-order valence-corrected chi connectivity index (χ2v) is 8.98. The van der Waals surface area contributed by atoms with Crippen molar-refractivity contribution in [2.75, 3.05) is 11.5 Å². The number of amides is 1. The second kappa shape index (κ2) is 9.85. The zero-order valence-corrected chi connectivity index (χ0v) is 20.8. The molecule has 0 aliphatic carbocycles. The van der Waals surface area contributed by atoms with E-state index in [1.165, 1.54) is 4.90 Å². The van der Waals surface area contributed by atoms with Crippen LogP contribution < -0.4 is 14.4 Å². The molecule has 0 saturated heterocycles. The Morgan fingerprint density at radius 1 is 1.00 bits per heavy atom. The molecule has 1 aromatic heterocycles. The summed E-state index contributed by atoms with van der Waals surface area (Å²) in [5, 5.41) is 11.8. The van der Waals surface area contributed by atoms with Crippen LogP contribution in [-0.2, 0) is 4.79 Å². The highest BCUT2D eigenvalue weighted by Crippen LogP contribution is 2.43. The van der Waals surface area contributed by atoms with E-state index in [0.717, 1.165) is 5.39 Å². The fraction of sp³-hybridized carbons (Fsp3) is 0.200. The molecule has 0 saturated carbocycles. The Hall–Kier alpha value is -4.52. The first-order valence-corrected chi connectivity index (χ1v) is 12.2. The number of carbonyl (C=O) groups excluding carboxylic acids is 2. The van der Waals surface area contributed by atoms with Crippen molar-refractivity contribution in [2.45, 2.75) is 32.9 Å². The average Bonchev–Trinajstić information content (AvgIpc) is 3.44. The van der Waals surface area contributed by atoms with Crippen molar-refractivity contribution in [3.05, 3.63) is 102 Å². The summed E-state index contributed by atoms with van der Waals surface area (Å²) in [6.45, 7) is 6.26. The number of benzene rings is 3.